The molecule has 1 aliphatic carbocycles. The smallest absolute Gasteiger partial charge is 0.356 e. The zero-order valence-corrected chi connectivity index (χ0v) is 18.1. The topological polar surface area (TPSA) is 85.2 Å². The zero-order valence-electron chi connectivity index (χ0n) is 18.1. The van der Waals surface area contributed by atoms with Gasteiger partial charge in [0.05, 0.1) is 24.7 Å². The van der Waals surface area contributed by atoms with Gasteiger partial charge in [0.25, 0.3) is 0 Å². The number of carbonyl (C=O) groups is 2. The van der Waals surface area contributed by atoms with Crippen molar-refractivity contribution in [2.45, 2.75) is 45.7 Å². The summed E-state index contributed by atoms with van der Waals surface area (Å²) in [6.45, 7) is 4.64. The lowest BCUT2D eigenvalue weighted by Crippen LogP contribution is -2.18. The Morgan fingerprint density at radius 3 is 2.65 bits per heavy atom. The van der Waals surface area contributed by atoms with E-state index in [0.717, 1.165) is 35.9 Å². The molecule has 0 saturated heterocycles. The van der Waals surface area contributed by atoms with Crippen LogP contribution in [0.4, 0.5) is 11.4 Å². The van der Waals surface area contributed by atoms with Crippen molar-refractivity contribution in [3.8, 4) is 0 Å². The largest absolute Gasteiger partial charge is 0.464 e. The van der Waals surface area contributed by atoms with Gasteiger partial charge >= 0.3 is 5.97 Å². The summed E-state index contributed by atoms with van der Waals surface area (Å²) in [6, 6.07) is 12.1. The second-order valence-corrected chi connectivity index (χ2v) is 8.10. The highest BCUT2D eigenvalue weighted by Crippen LogP contribution is 2.36. The number of hydrogen-bond donors (Lipinski definition) is 2. The number of amides is 1. The Kier molecular flexibility index (Phi) is 5.93. The number of ether oxygens (including phenoxy) is 1. The van der Waals surface area contributed by atoms with Crippen molar-refractivity contribution in [1.29, 1.82) is 0 Å². The highest BCUT2D eigenvalue weighted by Gasteiger charge is 2.33. The molecule has 0 spiro atoms. The van der Waals surface area contributed by atoms with Crippen LogP contribution in [0.3, 0.4) is 0 Å². The van der Waals surface area contributed by atoms with Crippen molar-refractivity contribution in [3.05, 3.63) is 53.9 Å². The number of anilines is 2. The third-order valence-corrected chi connectivity index (χ3v) is 5.68. The molecule has 7 heteroatoms. The number of aromatic nitrogens is 2. The van der Waals surface area contributed by atoms with E-state index in [-0.39, 0.29) is 17.9 Å². The van der Waals surface area contributed by atoms with Crippen LogP contribution in [0.15, 0.2) is 42.6 Å². The summed E-state index contributed by atoms with van der Waals surface area (Å²) in [5.74, 6) is -0.562. The summed E-state index contributed by atoms with van der Waals surface area (Å²) in [5, 5.41) is 7.14. The van der Waals surface area contributed by atoms with Crippen LogP contribution in [0.1, 0.15) is 49.2 Å². The summed E-state index contributed by atoms with van der Waals surface area (Å²) in [4.78, 5) is 30.2. The minimum absolute atomic E-state index is 0.00685. The van der Waals surface area contributed by atoms with Gasteiger partial charge in [0.2, 0.25) is 5.91 Å². The van der Waals surface area contributed by atoms with Crippen LogP contribution in [0, 0.1) is 5.92 Å². The number of hydrogen-bond acceptors (Lipinski definition) is 5. The molecule has 4 rings (SSSR count). The lowest BCUT2D eigenvalue weighted by Gasteiger charge is -2.13. The number of pyridine rings is 1. The highest BCUT2D eigenvalue weighted by atomic mass is 16.5. The van der Waals surface area contributed by atoms with E-state index in [1.807, 2.05) is 41.0 Å². The minimum Gasteiger partial charge on any atom is -0.464 e. The SMILES string of the molecule is CCC(C)Nc1cnc2c(c1)c(NC(=O)C1CC1)c(C(=O)OC)n2Cc1ccccc1. The normalized spacial score (nSPS) is 14.3. The Morgan fingerprint density at radius 1 is 1.26 bits per heavy atom. The molecule has 1 aromatic carbocycles. The lowest BCUT2D eigenvalue weighted by atomic mass is 10.2. The van der Waals surface area contributed by atoms with Gasteiger partial charge in [-0.15, -0.1) is 0 Å². The van der Waals surface area contributed by atoms with E-state index in [1.54, 1.807) is 6.20 Å². The van der Waals surface area contributed by atoms with Gasteiger partial charge in [0.1, 0.15) is 5.65 Å². The summed E-state index contributed by atoms with van der Waals surface area (Å²) in [6.07, 6.45) is 4.48. The molecular formula is C24H28N4O3. The molecule has 2 N–H and O–H groups in total. The van der Waals surface area contributed by atoms with Crippen molar-refractivity contribution in [3.63, 3.8) is 0 Å². The number of esters is 1. The molecule has 1 aliphatic rings. The van der Waals surface area contributed by atoms with E-state index in [2.05, 4.69) is 29.5 Å². The van der Waals surface area contributed by atoms with Crippen molar-refractivity contribution < 1.29 is 14.3 Å². The van der Waals surface area contributed by atoms with E-state index in [4.69, 9.17) is 4.74 Å². The maximum atomic E-state index is 12.9. The Hall–Kier alpha value is -3.35. The van der Waals surface area contributed by atoms with Crippen molar-refractivity contribution in [2.75, 3.05) is 17.7 Å². The fourth-order valence-electron chi connectivity index (χ4n) is 3.62. The molecule has 0 radical (unpaired) electrons. The fourth-order valence-corrected chi connectivity index (χ4v) is 3.62. The maximum Gasteiger partial charge on any atom is 0.356 e. The van der Waals surface area contributed by atoms with Crippen molar-refractivity contribution in [2.24, 2.45) is 5.92 Å². The fraction of sp³-hybridized carbons (Fsp3) is 0.375. The van der Waals surface area contributed by atoms with Crippen LogP contribution in [-0.2, 0) is 16.1 Å². The first-order valence-corrected chi connectivity index (χ1v) is 10.7. The minimum atomic E-state index is -0.503. The standard InChI is InChI=1S/C24H28N4O3/c1-4-15(2)26-18-12-19-20(27-23(29)17-10-11-17)21(24(30)31-3)28(22(19)25-13-18)14-16-8-6-5-7-9-16/h5-9,12-13,15,17,26H,4,10-11,14H2,1-3H3,(H,27,29). The van der Waals surface area contributed by atoms with E-state index in [0.29, 0.717) is 23.6 Å². The molecule has 162 valence electrons. The molecule has 1 saturated carbocycles. The van der Waals surface area contributed by atoms with Crippen molar-refractivity contribution >= 4 is 34.3 Å². The van der Waals surface area contributed by atoms with E-state index in [9.17, 15) is 9.59 Å². The number of benzene rings is 1. The first kappa shape index (κ1) is 20.9. The molecule has 3 aromatic rings. The van der Waals surface area contributed by atoms with Gasteiger partial charge in [-0.25, -0.2) is 9.78 Å². The third kappa shape index (κ3) is 4.40. The molecular weight excluding hydrogens is 392 g/mol. The average Bonchev–Trinajstić information content (AvgIpc) is 3.60. The summed E-state index contributed by atoms with van der Waals surface area (Å²) in [5.41, 5.74) is 3.27. The highest BCUT2D eigenvalue weighted by molar-refractivity contribution is 6.11. The van der Waals surface area contributed by atoms with Crippen LogP contribution in [0.2, 0.25) is 0 Å². The first-order chi connectivity index (χ1) is 15.0. The Labute approximate surface area is 181 Å². The molecule has 2 heterocycles. The van der Waals surface area contributed by atoms with Gasteiger partial charge in [-0.2, -0.15) is 0 Å². The maximum absolute atomic E-state index is 12.9. The molecule has 1 atom stereocenters. The lowest BCUT2D eigenvalue weighted by molar-refractivity contribution is -0.117. The van der Waals surface area contributed by atoms with E-state index < -0.39 is 5.97 Å². The quantitative estimate of drug-likeness (QED) is 0.527. The number of nitrogens with one attached hydrogen (secondary N) is 2. The Morgan fingerprint density at radius 2 is 2.00 bits per heavy atom. The monoisotopic (exact) mass is 420 g/mol. The van der Waals surface area contributed by atoms with E-state index >= 15 is 0 Å². The van der Waals surface area contributed by atoms with E-state index in [1.165, 1.54) is 7.11 Å². The van der Waals surface area contributed by atoms with Gasteiger partial charge < -0.3 is 19.9 Å². The summed E-state index contributed by atoms with van der Waals surface area (Å²) in [7, 11) is 1.35. The molecule has 2 aromatic heterocycles. The summed E-state index contributed by atoms with van der Waals surface area (Å²) >= 11 is 0. The van der Waals surface area contributed by atoms with Crippen molar-refractivity contribution in [1.82, 2.24) is 9.55 Å². The van der Waals surface area contributed by atoms with Crippen LogP contribution < -0.4 is 10.6 Å². The van der Waals surface area contributed by atoms with Crippen LogP contribution >= 0.6 is 0 Å². The number of rotatable bonds is 8. The van der Waals surface area contributed by atoms with Crippen LogP contribution in [0.25, 0.3) is 11.0 Å². The second kappa shape index (κ2) is 8.79. The van der Waals surface area contributed by atoms with Gasteiger partial charge in [-0.1, -0.05) is 37.3 Å². The summed E-state index contributed by atoms with van der Waals surface area (Å²) < 4.78 is 6.93. The Bertz CT molecular complexity index is 1100. The van der Waals surface area contributed by atoms with Crippen LogP contribution in [0.5, 0.6) is 0 Å². The second-order valence-electron chi connectivity index (χ2n) is 8.10. The molecule has 0 bridgehead atoms. The first-order valence-electron chi connectivity index (χ1n) is 10.7. The molecule has 0 aliphatic heterocycles. The number of fused-ring (bicyclic) bond motifs is 1. The average molecular weight is 421 g/mol. The van der Waals surface area contributed by atoms with Gasteiger partial charge in [0.15, 0.2) is 5.69 Å². The molecule has 1 fully saturated rings. The van der Waals surface area contributed by atoms with Gasteiger partial charge in [-0.3, -0.25) is 4.79 Å². The molecule has 1 unspecified atom stereocenters. The molecule has 1 amide bonds. The number of nitrogens with zero attached hydrogens (tertiary/aromatic N) is 2. The van der Waals surface area contributed by atoms with Gasteiger partial charge in [0, 0.05) is 23.9 Å². The van der Waals surface area contributed by atoms with Crippen LogP contribution in [-0.4, -0.2) is 34.6 Å². The Balaban J connectivity index is 1.88. The molecule has 31 heavy (non-hydrogen) atoms. The number of carbonyl (C=O) groups excluding carboxylic acids is 2. The number of methoxy groups -OCH3 is 1. The predicted molar refractivity (Wildman–Crippen MR) is 121 cm³/mol. The molecule has 7 nitrogen and oxygen atoms in total. The van der Waals surface area contributed by atoms with Gasteiger partial charge in [-0.05, 0) is 37.8 Å². The third-order valence-electron chi connectivity index (χ3n) is 5.68. The zero-order chi connectivity index (χ0) is 22.0. The predicted octanol–water partition coefficient (Wildman–Crippen LogP) is 4.43.